The van der Waals surface area contributed by atoms with E-state index in [0.29, 0.717) is 10.7 Å². The SMILES string of the molecule is C[C@H](OC(=O)CNC(=O)c1ccccc1F)C(=O)Nc1ccc(Cl)cc1. The molecule has 0 heterocycles. The van der Waals surface area contributed by atoms with Gasteiger partial charge in [-0.05, 0) is 43.3 Å². The zero-order valence-electron chi connectivity index (χ0n) is 13.8. The van der Waals surface area contributed by atoms with Crippen LogP contribution < -0.4 is 10.6 Å². The molecule has 0 aliphatic carbocycles. The van der Waals surface area contributed by atoms with Crippen LogP contribution >= 0.6 is 11.6 Å². The monoisotopic (exact) mass is 378 g/mol. The molecular weight excluding hydrogens is 363 g/mol. The number of hydrogen-bond acceptors (Lipinski definition) is 4. The molecule has 0 unspecified atom stereocenters. The molecule has 0 spiro atoms. The molecule has 1 atom stereocenters. The van der Waals surface area contributed by atoms with Crippen molar-refractivity contribution in [2.24, 2.45) is 0 Å². The first kappa shape index (κ1) is 19.4. The number of carbonyl (C=O) groups excluding carboxylic acids is 3. The second-order valence-electron chi connectivity index (χ2n) is 5.29. The number of halogens is 2. The third-order valence-corrected chi connectivity index (χ3v) is 3.55. The number of rotatable bonds is 6. The first-order valence-corrected chi connectivity index (χ1v) is 8.03. The Labute approximate surface area is 154 Å². The highest BCUT2D eigenvalue weighted by atomic mass is 35.5. The Bertz CT molecular complexity index is 811. The smallest absolute Gasteiger partial charge is 0.326 e. The fraction of sp³-hybridized carbons (Fsp3) is 0.167. The van der Waals surface area contributed by atoms with Crippen LogP contribution in [0.3, 0.4) is 0 Å². The van der Waals surface area contributed by atoms with Crippen molar-refractivity contribution >= 4 is 35.1 Å². The summed E-state index contributed by atoms with van der Waals surface area (Å²) < 4.78 is 18.4. The number of carbonyl (C=O) groups is 3. The number of esters is 1. The molecule has 2 N–H and O–H groups in total. The molecule has 6 nitrogen and oxygen atoms in total. The first-order chi connectivity index (χ1) is 12.4. The van der Waals surface area contributed by atoms with Crippen molar-refractivity contribution in [3.63, 3.8) is 0 Å². The summed E-state index contributed by atoms with van der Waals surface area (Å²) in [5.74, 6) is -2.82. The lowest BCUT2D eigenvalue weighted by atomic mass is 10.2. The quantitative estimate of drug-likeness (QED) is 0.757. The van der Waals surface area contributed by atoms with Gasteiger partial charge < -0.3 is 15.4 Å². The maximum atomic E-state index is 13.5. The van der Waals surface area contributed by atoms with Gasteiger partial charge in [0.1, 0.15) is 12.4 Å². The number of anilines is 1. The van der Waals surface area contributed by atoms with E-state index in [0.717, 1.165) is 6.07 Å². The average Bonchev–Trinajstić information content (AvgIpc) is 2.62. The van der Waals surface area contributed by atoms with E-state index in [4.69, 9.17) is 16.3 Å². The standard InChI is InChI=1S/C18H16ClFN2O4/c1-11(17(24)22-13-8-6-12(19)7-9-13)26-16(23)10-21-18(25)14-4-2-3-5-15(14)20/h2-9,11H,10H2,1H3,(H,21,25)(H,22,24)/t11-/m0/s1. The van der Waals surface area contributed by atoms with Crippen LogP contribution in [0.2, 0.25) is 5.02 Å². The summed E-state index contributed by atoms with van der Waals surface area (Å²) in [5, 5.41) is 5.32. The number of nitrogens with one attached hydrogen (secondary N) is 2. The van der Waals surface area contributed by atoms with Gasteiger partial charge in [0.15, 0.2) is 6.10 Å². The summed E-state index contributed by atoms with van der Waals surface area (Å²) in [7, 11) is 0. The summed E-state index contributed by atoms with van der Waals surface area (Å²) in [6.07, 6.45) is -1.08. The first-order valence-electron chi connectivity index (χ1n) is 7.65. The number of hydrogen-bond donors (Lipinski definition) is 2. The lowest BCUT2D eigenvalue weighted by Gasteiger charge is -2.14. The van der Waals surface area contributed by atoms with E-state index >= 15 is 0 Å². The van der Waals surface area contributed by atoms with Crippen LogP contribution in [0, 0.1) is 5.82 Å². The third kappa shape index (κ3) is 5.56. The van der Waals surface area contributed by atoms with Crippen LogP contribution in [0.15, 0.2) is 48.5 Å². The normalized spacial score (nSPS) is 11.3. The molecule has 0 aliphatic heterocycles. The Balaban J connectivity index is 1.81. The summed E-state index contributed by atoms with van der Waals surface area (Å²) in [6.45, 7) is 0.896. The molecule has 2 rings (SSSR count). The molecule has 2 aromatic rings. The van der Waals surface area contributed by atoms with E-state index in [9.17, 15) is 18.8 Å². The van der Waals surface area contributed by atoms with Crippen molar-refractivity contribution in [1.29, 1.82) is 0 Å². The van der Waals surface area contributed by atoms with Gasteiger partial charge in [0.2, 0.25) is 0 Å². The molecule has 26 heavy (non-hydrogen) atoms. The summed E-state index contributed by atoms with van der Waals surface area (Å²) >= 11 is 5.75. The van der Waals surface area contributed by atoms with Crippen molar-refractivity contribution in [1.82, 2.24) is 5.32 Å². The third-order valence-electron chi connectivity index (χ3n) is 3.30. The van der Waals surface area contributed by atoms with Gasteiger partial charge in [0, 0.05) is 10.7 Å². The summed E-state index contributed by atoms with van der Waals surface area (Å²) in [6, 6.07) is 11.8. The van der Waals surface area contributed by atoms with Crippen LogP contribution in [0.4, 0.5) is 10.1 Å². The van der Waals surface area contributed by atoms with Gasteiger partial charge >= 0.3 is 5.97 Å². The zero-order chi connectivity index (χ0) is 19.1. The van der Waals surface area contributed by atoms with Crippen LogP contribution in [-0.2, 0) is 14.3 Å². The van der Waals surface area contributed by atoms with Crippen LogP contribution in [0.5, 0.6) is 0 Å². The lowest BCUT2D eigenvalue weighted by Crippen LogP contribution is -2.36. The van der Waals surface area contributed by atoms with E-state index in [1.54, 1.807) is 24.3 Å². The second kappa shape index (κ2) is 8.96. The number of ether oxygens (including phenoxy) is 1. The Morgan fingerprint density at radius 1 is 1.12 bits per heavy atom. The maximum Gasteiger partial charge on any atom is 0.326 e. The van der Waals surface area contributed by atoms with Gasteiger partial charge in [-0.2, -0.15) is 0 Å². The molecular formula is C18H16ClFN2O4. The van der Waals surface area contributed by atoms with Crippen LogP contribution in [0.1, 0.15) is 17.3 Å². The molecule has 136 valence electrons. The summed E-state index contributed by atoms with van der Waals surface area (Å²) in [4.78, 5) is 35.5. The Morgan fingerprint density at radius 3 is 2.42 bits per heavy atom. The Morgan fingerprint density at radius 2 is 1.77 bits per heavy atom. The number of amides is 2. The van der Waals surface area contributed by atoms with Gasteiger partial charge in [-0.1, -0.05) is 23.7 Å². The Hall–Kier alpha value is -2.93. The van der Waals surface area contributed by atoms with Gasteiger partial charge in [0.25, 0.3) is 11.8 Å². The fourth-order valence-corrected chi connectivity index (χ4v) is 2.09. The second-order valence-corrected chi connectivity index (χ2v) is 5.73. The molecule has 0 saturated heterocycles. The molecule has 2 aromatic carbocycles. The lowest BCUT2D eigenvalue weighted by molar-refractivity contribution is -0.152. The van der Waals surface area contributed by atoms with Crippen molar-refractivity contribution in [3.05, 3.63) is 64.9 Å². The van der Waals surface area contributed by atoms with Gasteiger partial charge in [-0.25, -0.2) is 4.39 Å². The van der Waals surface area contributed by atoms with Crippen molar-refractivity contribution in [2.45, 2.75) is 13.0 Å². The van der Waals surface area contributed by atoms with Gasteiger partial charge in [-0.15, -0.1) is 0 Å². The maximum absolute atomic E-state index is 13.5. The van der Waals surface area contributed by atoms with E-state index in [1.807, 2.05) is 0 Å². The minimum Gasteiger partial charge on any atom is -0.451 e. The van der Waals surface area contributed by atoms with E-state index in [-0.39, 0.29) is 5.56 Å². The van der Waals surface area contributed by atoms with Crippen LogP contribution in [-0.4, -0.2) is 30.4 Å². The fourth-order valence-electron chi connectivity index (χ4n) is 1.96. The van der Waals surface area contributed by atoms with E-state index in [2.05, 4.69) is 10.6 Å². The molecule has 0 aliphatic rings. The number of benzene rings is 2. The molecule has 0 aromatic heterocycles. The van der Waals surface area contributed by atoms with Crippen molar-refractivity contribution < 1.29 is 23.5 Å². The highest BCUT2D eigenvalue weighted by Gasteiger charge is 2.19. The van der Waals surface area contributed by atoms with Crippen molar-refractivity contribution in [2.75, 3.05) is 11.9 Å². The van der Waals surface area contributed by atoms with Gasteiger partial charge in [-0.3, -0.25) is 14.4 Å². The molecule has 0 fully saturated rings. The minimum atomic E-state index is -1.08. The van der Waals surface area contributed by atoms with E-state index < -0.39 is 36.2 Å². The van der Waals surface area contributed by atoms with Crippen LogP contribution in [0.25, 0.3) is 0 Å². The minimum absolute atomic E-state index is 0.186. The van der Waals surface area contributed by atoms with Crippen molar-refractivity contribution in [3.8, 4) is 0 Å². The molecule has 0 saturated carbocycles. The topological polar surface area (TPSA) is 84.5 Å². The van der Waals surface area contributed by atoms with Gasteiger partial charge in [0.05, 0.1) is 5.56 Å². The predicted molar refractivity (Wildman–Crippen MR) is 94.4 cm³/mol. The summed E-state index contributed by atoms with van der Waals surface area (Å²) in [5.41, 5.74) is 0.309. The molecule has 0 radical (unpaired) electrons. The average molecular weight is 379 g/mol. The highest BCUT2D eigenvalue weighted by Crippen LogP contribution is 2.13. The highest BCUT2D eigenvalue weighted by molar-refractivity contribution is 6.30. The molecule has 2 amide bonds. The largest absolute Gasteiger partial charge is 0.451 e. The zero-order valence-corrected chi connectivity index (χ0v) is 14.5. The molecule has 0 bridgehead atoms. The molecule has 8 heteroatoms. The Kier molecular flexibility index (Phi) is 6.68. The predicted octanol–water partition coefficient (Wildman–Crippen LogP) is 2.78. The van der Waals surface area contributed by atoms with E-state index in [1.165, 1.54) is 25.1 Å².